The maximum absolute atomic E-state index is 13.2. The largest absolute Gasteiger partial charge is 0.298 e. The molecule has 1 amide bonds. The van der Waals surface area contributed by atoms with Crippen LogP contribution in [0.4, 0.5) is 13.9 Å². The maximum atomic E-state index is 13.2. The highest BCUT2D eigenvalue weighted by atomic mass is 32.2. The molecule has 22 heavy (non-hydrogen) atoms. The number of thiazole rings is 1. The third kappa shape index (κ3) is 2.82. The molecule has 1 heterocycles. The highest BCUT2D eigenvalue weighted by Crippen LogP contribution is 2.32. The zero-order valence-electron chi connectivity index (χ0n) is 11.4. The van der Waals surface area contributed by atoms with Gasteiger partial charge in [0.05, 0.1) is 10.2 Å². The van der Waals surface area contributed by atoms with Crippen LogP contribution >= 0.6 is 23.1 Å². The number of aromatic nitrogens is 1. The lowest BCUT2D eigenvalue weighted by atomic mass is 10.2. The van der Waals surface area contributed by atoms with Crippen LogP contribution in [0.1, 0.15) is 10.4 Å². The number of fused-ring (bicyclic) bond motifs is 1. The molecule has 0 fully saturated rings. The molecular weight excluding hydrogens is 326 g/mol. The summed E-state index contributed by atoms with van der Waals surface area (Å²) in [5, 5.41) is 3.04. The molecule has 0 unspecified atom stereocenters. The summed E-state index contributed by atoms with van der Waals surface area (Å²) in [6.07, 6.45) is 1.95. The Morgan fingerprint density at radius 3 is 2.77 bits per heavy atom. The molecule has 0 saturated heterocycles. The van der Waals surface area contributed by atoms with E-state index in [-0.39, 0.29) is 5.56 Å². The standard InChI is InChI=1S/C15H10F2N2OS2/c1-21-11-3-2-4-12-13(11)18-15(22-12)19-14(20)8-5-6-9(16)10(17)7-8/h2-7H,1H3,(H,18,19,20). The van der Waals surface area contributed by atoms with Crippen LogP contribution in [0.2, 0.25) is 0 Å². The minimum atomic E-state index is -1.05. The van der Waals surface area contributed by atoms with Crippen LogP contribution < -0.4 is 5.32 Å². The van der Waals surface area contributed by atoms with Crippen LogP contribution in [0.3, 0.4) is 0 Å². The van der Waals surface area contributed by atoms with E-state index in [1.165, 1.54) is 17.4 Å². The molecule has 7 heteroatoms. The summed E-state index contributed by atoms with van der Waals surface area (Å²) in [5.41, 5.74) is 0.865. The van der Waals surface area contributed by atoms with Crippen molar-refractivity contribution in [1.29, 1.82) is 0 Å². The SMILES string of the molecule is CSc1cccc2sc(NC(=O)c3ccc(F)c(F)c3)nc12. The van der Waals surface area contributed by atoms with Crippen molar-refractivity contribution >= 4 is 44.4 Å². The first-order valence-electron chi connectivity index (χ1n) is 6.28. The van der Waals surface area contributed by atoms with Gasteiger partial charge in [0.1, 0.15) is 0 Å². The Morgan fingerprint density at radius 2 is 2.05 bits per heavy atom. The van der Waals surface area contributed by atoms with Gasteiger partial charge in [0, 0.05) is 10.5 Å². The van der Waals surface area contributed by atoms with E-state index in [4.69, 9.17) is 0 Å². The fourth-order valence-corrected chi connectivity index (χ4v) is 3.46. The molecule has 0 saturated carbocycles. The molecule has 3 rings (SSSR count). The molecule has 0 bridgehead atoms. The second kappa shape index (κ2) is 6.02. The number of amides is 1. The van der Waals surface area contributed by atoms with Crippen molar-refractivity contribution in [1.82, 2.24) is 4.98 Å². The number of carbonyl (C=O) groups is 1. The summed E-state index contributed by atoms with van der Waals surface area (Å²) in [5.74, 6) is -2.56. The van der Waals surface area contributed by atoms with Gasteiger partial charge >= 0.3 is 0 Å². The molecule has 1 N–H and O–H groups in total. The maximum Gasteiger partial charge on any atom is 0.257 e. The molecule has 0 spiro atoms. The van der Waals surface area contributed by atoms with Crippen LogP contribution in [-0.2, 0) is 0 Å². The fourth-order valence-electron chi connectivity index (χ4n) is 1.95. The molecule has 2 aromatic carbocycles. The lowest BCUT2D eigenvalue weighted by molar-refractivity contribution is 0.102. The van der Waals surface area contributed by atoms with Crippen molar-refractivity contribution < 1.29 is 13.6 Å². The number of hydrogen-bond donors (Lipinski definition) is 1. The molecule has 3 aromatic rings. The Balaban J connectivity index is 1.89. The number of nitrogens with one attached hydrogen (secondary N) is 1. The number of rotatable bonds is 3. The van der Waals surface area contributed by atoms with Crippen molar-refractivity contribution in [2.24, 2.45) is 0 Å². The second-order valence-corrected chi connectivity index (χ2v) is 6.29. The van der Waals surface area contributed by atoms with E-state index in [0.29, 0.717) is 5.13 Å². The molecule has 0 atom stereocenters. The number of carbonyl (C=O) groups excluding carboxylic acids is 1. The van der Waals surface area contributed by atoms with Gasteiger partial charge in [0.25, 0.3) is 5.91 Å². The molecule has 0 aliphatic heterocycles. The zero-order chi connectivity index (χ0) is 15.7. The number of nitrogens with zero attached hydrogens (tertiary/aromatic N) is 1. The van der Waals surface area contributed by atoms with Gasteiger partial charge in [-0.3, -0.25) is 10.1 Å². The van der Waals surface area contributed by atoms with E-state index in [2.05, 4.69) is 10.3 Å². The van der Waals surface area contributed by atoms with Crippen molar-refractivity contribution in [2.75, 3.05) is 11.6 Å². The second-order valence-electron chi connectivity index (χ2n) is 4.41. The van der Waals surface area contributed by atoms with E-state index in [1.54, 1.807) is 11.8 Å². The summed E-state index contributed by atoms with van der Waals surface area (Å²) in [7, 11) is 0. The molecule has 112 valence electrons. The van der Waals surface area contributed by atoms with Gasteiger partial charge in [-0.05, 0) is 36.6 Å². The monoisotopic (exact) mass is 336 g/mol. The van der Waals surface area contributed by atoms with E-state index in [0.717, 1.165) is 27.2 Å². The highest BCUT2D eigenvalue weighted by molar-refractivity contribution is 7.98. The highest BCUT2D eigenvalue weighted by Gasteiger charge is 2.13. The quantitative estimate of drug-likeness (QED) is 0.714. The van der Waals surface area contributed by atoms with Crippen LogP contribution in [0.25, 0.3) is 10.2 Å². The number of hydrogen-bond acceptors (Lipinski definition) is 4. The van der Waals surface area contributed by atoms with Gasteiger partial charge in [-0.2, -0.15) is 0 Å². The number of anilines is 1. The Labute approximate surface area is 133 Å². The van der Waals surface area contributed by atoms with Gasteiger partial charge in [-0.15, -0.1) is 11.8 Å². The van der Waals surface area contributed by atoms with Crippen LogP contribution in [0, 0.1) is 11.6 Å². The summed E-state index contributed by atoms with van der Waals surface area (Å²) in [6.45, 7) is 0. The van der Waals surface area contributed by atoms with Crippen molar-refractivity contribution in [3.05, 3.63) is 53.6 Å². The number of thioether (sulfide) groups is 1. The number of benzene rings is 2. The smallest absolute Gasteiger partial charge is 0.257 e. The summed E-state index contributed by atoms with van der Waals surface area (Å²) in [6, 6.07) is 8.81. The minimum absolute atomic E-state index is 0.0447. The third-order valence-electron chi connectivity index (χ3n) is 3.00. The average molecular weight is 336 g/mol. The molecule has 0 radical (unpaired) electrons. The first-order chi connectivity index (χ1) is 10.6. The minimum Gasteiger partial charge on any atom is -0.298 e. The Morgan fingerprint density at radius 1 is 1.23 bits per heavy atom. The first kappa shape index (κ1) is 14.9. The van der Waals surface area contributed by atoms with E-state index in [1.807, 2.05) is 24.5 Å². The summed E-state index contributed by atoms with van der Waals surface area (Å²) < 4.78 is 27.0. The van der Waals surface area contributed by atoms with E-state index >= 15 is 0 Å². The lowest BCUT2D eigenvalue weighted by Gasteiger charge is -2.02. The van der Waals surface area contributed by atoms with Crippen molar-refractivity contribution in [2.45, 2.75) is 4.90 Å². The topological polar surface area (TPSA) is 42.0 Å². The third-order valence-corrected chi connectivity index (χ3v) is 4.71. The van der Waals surface area contributed by atoms with Gasteiger partial charge < -0.3 is 0 Å². The zero-order valence-corrected chi connectivity index (χ0v) is 13.0. The molecule has 1 aromatic heterocycles. The average Bonchev–Trinajstić information content (AvgIpc) is 2.92. The van der Waals surface area contributed by atoms with E-state index in [9.17, 15) is 13.6 Å². The Hall–Kier alpha value is -1.99. The van der Waals surface area contributed by atoms with Crippen LogP contribution in [-0.4, -0.2) is 17.1 Å². The predicted molar refractivity (Wildman–Crippen MR) is 85.7 cm³/mol. The predicted octanol–water partition coefficient (Wildman–Crippen LogP) is 4.55. The Kier molecular flexibility index (Phi) is 4.08. The summed E-state index contributed by atoms with van der Waals surface area (Å²) >= 11 is 2.90. The summed E-state index contributed by atoms with van der Waals surface area (Å²) in [4.78, 5) is 17.5. The van der Waals surface area contributed by atoms with Gasteiger partial charge in [-0.25, -0.2) is 13.8 Å². The fraction of sp³-hybridized carbons (Fsp3) is 0.0667. The Bertz CT molecular complexity index is 864. The number of para-hydroxylation sites is 1. The lowest BCUT2D eigenvalue weighted by Crippen LogP contribution is -2.12. The van der Waals surface area contributed by atoms with E-state index < -0.39 is 17.5 Å². The van der Waals surface area contributed by atoms with Crippen molar-refractivity contribution in [3.8, 4) is 0 Å². The van der Waals surface area contributed by atoms with Crippen molar-refractivity contribution in [3.63, 3.8) is 0 Å². The van der Waals surface area contributed by atoms with Crippen LogP contribution in [0.5, 0.6) is 0 Å². The normalized spacial score (nSPS) is 10.9. The molecule has 0 aliphatic carbocycles. The van der Waals surface area contributed by atoms with Gasteiger partial charge in [0.2, 0.25) is 0 Å². The molecule has 0 aliphatic rings. The van der Waals surface area contributed by atoms with Gasteiger partial charge in [0.15, 0.2) is 16.8 Å². The molecule has 3 nitrogen and oxygen atoms in total. The van der Waals surface area contributed by atoms with Crippen LogP contribution in [0.15, 0.2) is 41.3 Å². The first-order valence-corrected chi connectivity index (χ1v) is 8.32. The molecular formula is C15H10F2N2OS2. The number of halogens is 2. The van der Waals surface area contributed by atoms with Gasteiger partial charge in [-0.1, -0.05) is 17.4 Å².